The Kier molecular flexibility index (Phi) is 7.07. The molecule has 1 amide bonds. The van der Waals surface area contributed by atoms with Crippen molar-refractivity contribution in [1.29, 1.82) is 0 Å². The van der Waals surface area contributed by atoms with E-state index in [1.165, 1.54) is 0 Å². The van der Waals surface area contributed by atoms with E-state index in [0.29, 0.717) is 55.6 Å². The van der Waals surface area contributed by atoms with E-state index in [1.807, 2.05) is 50.2 Å². The fourth-order valence-corrected chi connectivity index (χ4v) is 4.27. The number of amides is 1. The molecule has 2 aliphatic rings. The lowest BCUT2D eigenvalue weighted by Gasteiger charge is -2.26. The van der Waals surface area contributed by atoms with Gasteiger partial charge >= 0.3 is 0 Å². The van der Waals surface area contributed by atoms with Crippen molar-refractivity contribution in [3.05, 3.63) is 59.2 Å². The highest BCUT2D eigenvalue weighted by Gasteiger charge is 2.45. The normalized spacial score (nSPS) is 19.1. The van der Waals surface area contributed by atoms with E-state index in [9.17, 15) is 14.7 Å². The number of Topliss-reactive ketones (excluding diaryl/α,β-unsaturated/α-hetero) is 1. The van der Waals surface area contributed by atoms with E-state index in [2.05, 4.69) is 0 Å². The van der Waals surface area contributed by atoms with Gasteiger partial charge < -0.3 is 29.1 Å². The molecule has 0 spiro atoms. The molecule has 2 heterocycles. The number of benzene rings is 2. The number of nitrogens with zero attached hydrogens (tertiary/aromatic N) is 2. The maximum atomic E-state index is 13.2. The first-order valence-corrected chi connectivity index (χ1v) is 11.5. The van der Waals surface area contributed by atoms with Crippen LogP contribution in [0.5, 0.6) is 17.2 Å². The number of aliphatic hydroxyl groups is 1. The molecule has 1 atom stereocenters. The Labute approximate surface area is 199 Å². The van der Waals surface area contributed by atoms with Crippen LogP contribution in [0.2, 0.25) is 0 Å². The first-order valence-electron chi connectivity index (χ1n) is 11.5. The molecule has 4 rings (SSSR count). The van der Waals surface area contributed by atoms with Crippen molar-refractivity contribution in [2.45, 2.75) is 19.4 Å². The van der Waals surface area contributed by atoms with Crippen LogP contribution in [0.15, 0.2) is 48.0 Å². The molecule has 2 aromatic rings. The molecule has 1 saturated heterocycles. The summed E-state index contributed by atoms with van der Waals surface area (Å²) in [5, 5.41) is 11.3. The first-order chi connectivity index (χ1) is 16.4. The Morgan fingerprint density at radius 3 is 2.47 bits per heavy atom. The van der Waals surface area contributed by atoms with Gasteiger partial charge in [-0.15, -0.1) is 0 Å². The van der Waals surface area contributed by atoms with Gasteiger partial charge in [-0.3, -0.25) is 9.59 Å². The summed E-state index contributed by atoms with van der Waals surface area (Å²) in [7, 11) is 3.92. The van der Waals surface area contributed by atoms with Crippen molar-refractivity contribution >= 4 is 17.4 Å². The number of aliphatic hydroxyl groups excluding tert-OH is 1. The molecule has 8 nitrogen and oxygen atoms in total. The molecule has 1 N–H and O–H groups in total. The van der Waals surface area contributed by atoms with E-state index in [1.54, 1.807) is 23.1 Å². The van der Waals surface area contributed by atoms with Crippen LogP contribution in [-0.4, -0.2) is 73.6 Å². The summed E-state index contributed by atoms with van der Waals surface area (Å²) in [6.07, 6.45) is 0.692. The van der Waals surface area contributed by atoms with Crippen LogP contribution in [0.4, 0.5) is 0 Å². The third-order valence-electron chi connectivity index (χ3n) is 5.87. The molecule has 0 saturated carbocycles. The lowest BCUT2D eigenvalue weighted by Crippen LogP contribution is -2.32. The Balaban J connectivity index is 1.76. The number of hydrogen-bond donors (Lipinski definition) is 1. The minimum absolute atomic E-state index is 0.0655. The molecular formula is C26H30N2O6. The van der Waals surface area contributed by atoms with Crippen LogP contribution in [0.25, 0.3) is 5.76 Å². The van der Waals surface area contributed by atoms with Gasteiger partial charge in [-0.1, -0.05) is 12.1 Å². The Morgan fingerprint density at radius 1 is 1.09 bits per heavy atom. The maximum Gasteiger partial charge on any atom is 0.295 e. The highest BCUT2D eigenvalue weighted by Crippen LogP contribution is 2.41. The van der Waals surface area contributed by atoms with Gasteiger partial charge in [0.2, 0.25) is 0 Å². The van der Waals surface area contributed by atoms with Crippen molar-refractivity contribution in [2.24, 2.45) is 0 Å². The van der Waals surface area contributed by atoms with Crippen molar-refractivity contribution in [1.82, 2.24) is 9.80 Å². The molecule has 0 unspecified atom stereocenters. The van der Waals surface area contributed by atoms with Gasteiger partial charge in [0, 0.05) is 12.1 Å². The summed E-state index contributed by atoms with van der Waals surface area (Å²) in [5.41, 5.74) is 1.19. The Hall–Kier alpha value is -3.52. The van der Waals surface area contributed by atoms with Crippen LogP contribution in [-0.2, 0) is 9.59 Å². The van der Waals surface area contributed by atoms with Crippen molar-refractivity contribution < 1.29 is 28.9 Å². The Bertz CT molecular complexity index is 1090. The Morgan fingerprint density at radius 2 is 1.79 bits per heavy atom. The molecule has 180 valence electrons. The largest absolute Gasteiger partial charge is 0.507 e. The lowest BCUT2D eigenvalue weighted by atomic mass is 9.95. The second-order valence-electron chi connectivity index (χ2n) is 8.51. The first kappa shape index (κ1) is 23.6. The molecular weight excluding hydrogens is 436 g/mol. The number of rotatable bonds is 8. The molecule has 1 fully saturated rings. The summed E-state index contributed by atoms with van der Waals surface area (Å²) in [6.45, 7) is 4.45. The van der Waals surface area contributed by atoms with Gasteiger partial charge in [-0.25, -0.2) is 0 Å². The standard InChI is InChI=1S/C26H30N2O6/c1-4-32-19-9-6-17(7-10-19)23-22(25(30)26(31)28(23)13-5-12-27(2)3)24(29)18-8-11-20-21(16-18)34-15-14-33-20/h6-11,16,23,29H,4-5,12-15H2,1-3H3/b24-22+/t23-/m0/s1. The number of carbonyl (C=O) groups is 2. The zero-order valence-corrected chi connectivity index (χ0v) is 19.7. The summed E-state index contributed by atoms with van der Waals surface area (Å²) in [4.78, 5) is 29.8. The molecule has 0 aromatic heterocycles. The predicted octanol–water partition coefficient (Wildman–Crippen LogP) is 3.23. The smallest absolute Gasteiger partial charge is 0.295 e. The minimum atomic E-state index is -0.703. The van der Waals surface area contributed by atoms with Gasteiger partial charge in [-0.05, 0) is 69.9 Å². The zero-order valence-electron chi connectivity index (χ0n) is 19.7. The molecule has 34 heavy (non-hydrogen) atoms. The highest BCUT2D eigenvalue weighted by atomic mass is 16.6. The van der Waals surface area contributed by atoms with Crippen molar-refractivity contribution in [2.75, 3.05) is 47.0 Å². The fraction of sp³-hybridized carbons (Fsp3) is 0.385. The van der Waals surface area contributed by atoms with Gasteiger partial charge in [0.05, 0.1) is 18.2 Å². The lowest BCUT2D eigenvalue weighted by molar-refractivity contribution is -0.139. The van der Waals surface area contributed by atoms with E-state index >= 15 is 0 Å². The third-order valence-corrected chi connectivity index (χ3v) is 5.87. The number of hydrogen-bond acceptors (Lipinski definition) is 7. The molecule has 2 aromatic carbocycles. The quantitative estimate of drug-likeness (QED) is 0.363. The monoisotopic (exact) mass is 466 g/mol. The predicted molar refractivity (Wildman–Crippen MR) is 127 cm³/mol. The fourth-order valence-electron chi connectivity index (χ4n) is 4.27. The minimum Gasteiger partial charge on any atom is -0.507 e. The zero-order chi connectivity index (χ0) is 24.2. The number of likely N-dealkylation sites (tertiary alicyclic amines) is 1. The second-order valence-corrected chi connectivity index (χ2v) is 8.51. The molecule has 0 bridgehead atoms. The number of ether oxygens (including phenoxy) is 3. The van der Waals surface area contributed by atoms with Crippen molar-refractivity contribution in [3.63, 3.8) is 0 Å². The topological polar surface area (TPSA) is 88.5 Å². The van der Waals surface area contributed by atoms with Crippen LogP contribution in [0, 0.1) is 0 Å². The van der Waals surface area contributed by atoms with E-state index < -0.39 is 17.7 Å². The molecule has 0 radical (unpaired) electrons. The van der Waals surface area contributed by atoms with E-state index in [0.717, 1.165) is 12.1 Å². The average molecular weight is 467 g/mol. The summed E-state index contributed by atoms with van der Waals surface area (Å²) >= 11 is 0. The van der Waals surface area contributed by atoms with Gasteiger partial charge in [0.1, 0.15) is 24.7 Å². The van der Waals surface area contributed by atoms with Crippen LogP contribution >= 0.6 is 0 Å². The van der Waals surface area contributed by atoms with Gasteiger partial charge in [-0.2, -0.15) is 0 Å². The maximum absolute atomic E-state index is 13.2. The third kappa shape index (κ3) is 4.72. The summed E-state index contributed by atoms with van der Waals surface area (Å²) < 4.78 is 16.7. The molecule has 0 aliphatic carbocycles. The average Bonchev–Trinajstić information content (AvgIpc) is 3.09. The van der Waals surface area contributed by atoms with E-state index in [4.69, 9.17) is 14.2 Å². The number of carbonyl (C=O) groups excluding carboxylic acids is 2. The molecule has 2 aliphatic heterocycles. The number of ketones is 1. The van der Waals surface area contributed by atoms with Gasteiger partial charge in [0.15, 0.2) is 11.5 Å². The van der Waals surface area contributed by atoms with Crippen LogP contribution in [0.3, 0.4) is 0 Å². The van der Waals surface area contributed by atoms with Gasteiger partial charge in [0.25, 0.3) is 11.7 Å². The second kappa shape index (κ2) is 10.2. The van der Waals surface area contributed by atoms with Crippen LogP contribution < -0.4 is 14.2 Å². The SMILES string of the molecule is CCOc1ccc([C@H]2/C(=C(\O)c3ccc4c(c3)OCCO4)C(=O)C(=O)N2CCCN(C)C)cc1. The summed E-state index contributed by atoms with van der Waals surface area (Å²) in [5.74, 6) is 0.225. The number of fused-ring (bicyclic) bond motifs is 1. The van der Waals surface area contributed by atoms with Crippen molar-refractivity contribution in [3.8, 4) is 17.2 Å². The van der Waals surface area contributed by atoms with E-state index in [-0.39, 0.29) is 11.3 Å². The summed E-state index contributed by atoms with van der Waals surface area (Å²) in [6, 6.07) is 11.6. The highest BCUT2D eigenvalue weighted by molar-refractivity contribution is 6.46. The van der Waals surface area contributed by atoms with Crippen LogP contribution in [0.1, 0.15) is 30.5 Å². The molecule has 8 heteroatoms.